The number of hydrogen-bond donors (Lipinski definition) is 1. The molecule has 19 heavy (non-hydrogen) atoms. The Morgan fingerprint density at radius 1 is 1.16 bits per heavy atom. The minimum Gasteiger partial charge on any atom is -0.508 e. The van der Waals surface area contributed by atoms with Gasteiger partial charge in [0, 0.05) is 29.5 Å². The standard InChI is InChI=1S/C16H20O3/c1-15(2)11-4-5-16(3)8-10(11)14-12(18-15)6-9(17)7-13(14)19-16/h6-7,10-11,17H,4-5,8H2,1-3H3/t10-,11+,16-/m1/s1. The third kappa shape index (κ3) is 1.44. The fraction of sp³-hybridized carbons (Fsp3) is 0.625. The number of rotatable bonds is 0. The molecular weight excluding hydrogens is 240 g/mol. The summed E-state index contributed by atoms with van der Waals surface area (Å²) in [6.07, 6.45) is 3.27. The maximum absolute atomic E-state index is 9.87. The zero-order valence-electron chi connectivity index (χ0n) is 11.7. The summed E-state index contributed by atoms with van der Waals surface area (Å²) in [4.78, 5) is 0. The van der Waals surface area contributed by atoms with Gasteiger partial charge in [0.2, 0.25) is 0 Å². The second-order valence-electron chi connectivity index (χ2n) is 7.07. The minimum absolute atomic E-state index is 0.0767. The van der Waals surface area contributed by atoms with Gasteiger partial charge in [-0.15, -0.1) is 0 Å². The topological polar surface area (TPSA) is 38.7 Å². The molecule has 0 amide bonds. The van der Waals surface area contributed by atoms with Crippen molar-refractivity contribution in [2.45, 2.75) is 57.2 Å². The van der Waals surface area contributed by atoms with Crippen molar-refractivity contribution in [1.82, 2.24) is 0 Å². The van der Waals surface area contributed by atoms with Crippen molar-refractivity contribution >= 4 is 0 Å². The molecule has 1 fully saturated rings. The van der Waals surface area contributed by atoms with E-state index in [4.69, 9.17) is 9.47 Å². The molecule has 0 aromatic heterocycles. The number of hydrogen-bond acceptors (Lipinski definition) is 3. The number of fused-ring (bicyclic) bond motifs is 1. The third-order valence-electron chi connectivity index (χ3n) is 5.20. The lowest BCUT2D eigenvalue weighted by molar-refractivity contribution is -0.0728. The SMILES string of the molecule is CC1(C)Oc2cc(O)cc3c2[C@@H]2C[C@@](C)(CC[C@@H]21)O3. The van der Waals surface area contributed by atoms with E-state index in [2.05, 4.69) is 20.8 Å². The van der Waals surface area contributed by atoms with E-state index in [9.17, 15) is 5.11 Å². The minimum atomic E-state index is -0.165. The fourth-order valence-electron chi connectivity index (χ4n) is 4.35. The summed E-state index contributed by atoms with van der Waals surface area (Å²) in [5.41, 5.74) is 0.938. The summed E-state index contributed by atoms with van der Waals surface area (Å²) >= 11 is 0. The second kappa shape index (κ2) is 3.20. The molecule has 1 aromatic rings. The van der Waals surface area contributed by atoms with Gasteiger partial charge in [-0.2, -0.15) is 0 Å². The summed E-state index contributed by atoms with van der Waals surface area (Å²) in [7, 11) is 0. The molecule has 1 aromatic carbocycles. The van der Waals surface area contributed by atoms with Crippen molar-refractivity contribution in [3.05, 3.63) is 17.7 Å². The first-order chi connectivity index (χ1) is 8.88. The van der Waals surface area contributed by atoms with Gasteiger partial charge in [-0.25, -0.2) is 0 Å². The average Bonchev–Trinajstić information content (AvgIpc) is 2.24. The second-order valence-corrected chi connectivity index (χ2v) is 7.07. The van der Waals surface area contributed by atoms with E-state index in [1.807, 2.05) is 0 Å². The smallest absolute Gasteiger partial charge is 0.131 e. The van der Waals surface area contributed by atoms with E-state index in [1.54, 1.807) is 12.1 Å². The van der Waals surface area contributed by atoms with Gasteiger partial charge in [-0.05, 0) is 40.0 Å². The summed E-state index contributed by atoms with van der Waals surface area (Å²) in [5.74, 6) is 2.91. The molecule has 2 heterocycles. The molecule has 0 radical (unpaired) electrons. The Morgan fingerprint density at radius 3 is 2.58 bits per heavy atom. The van der Waals surface area contributed by atoms with Crippen LogP contribution < -0.4 is 9.47 Å². The highest BCUT2D eigenvalue weighted by molar-refractivity contribution is 5.55. The van der Waals surface area contributed by atoms with Crippen LogP contribution in [0.3, 0.4) is 0 Å². The van der Waals surface area contributed by atoms with Crippen LogP contribution in [0, 0.1) is 5.92 Å². The van der Waals surface area contributed by atoms with E-state index in [1.165, 1.54) is 5.56 Å². The molecule has 0 spiro atoms. The summed E-state index contributed by atoms with van der Waals surface area (Å²) in [6.45, 7) is 6.53. The van der Waals surface area contributed by atoms with Crippen molar-refractivity contribution in [3.63, 3.8) is 0 Å². The van der Waals surface area contributed by atoms with E-state index in [0.717, 1.165) is 30.8 Å². The molecule has 3 nitrogen and oxygen atoms in total. The molecule has 2 aliphatic heterocycles. The van der Waals surface area contributed by atoms with Gasteiger partial charge in [0.15, 0.2) is 0 Å². The van der Waals surface area contributed by atoms with Crippen LogP contribution in [0.1, 0.15) is 51.5 Å². The largest absolute Gasteiger partial charge is 0.508 e. The normalized spacial score (nSPS) is 37.2. The molecule has 0 unspecified atom stereocenters. The predicted molar refractivity (Wildman–Crippen MR) is 71.9 cm³/mol. The van der Waals surface area contributed by atoms with Gasteiger partial charge in [-0.1, -0.05) is 0 Å². The maximum Gasteiger partial charge on any atom is 0.131 e. The van der Waals surface area contributed by atoms with Crippen molar-refractivity contribution in [2.75, 3.05) is 0 Å². The first kappa shape index (κ1) is 11.4. The molecule has 1 aliphatic carbocycles. The van der Waals surface area contributed by atoms with Crippen LogP contribution in [-0.2, 0) is 0 Å². The van der Waals surface area contributed by atoms with Crippen molar-refractivity contribution < 1.29 is 14.6 Å². The summed E-state index contributed by atoms with van der Waals surface area (Å²) in [6, 6.07) is 3.48. The highest BCUT2D eigenvalue weighted by atomic mass is 16.5. The summed E-state index contributed by atoms with van der Waals surface area (Å²) in [5, 5.41) is 9.87. The summed E-state index contributed by atoms with van der Waals surface area (Å²) < 4.78 is 12.3. The van der Waals surface area contributed by atoms with Crippen LogP contribution in [0.25, 0.3) is 0 Å². The highest BCUT2D eigenvalue weighted by Crippen LogP contribution is 2.60. The zero-order valence-corrected chi connectivity index (χ0v) is 11.7. The van der Waals surface area contributed by atoms with Crippen LogP contribution in [-0.4, -0.2) is 16.3 Å². The van der Waals surface area contributed by atoms with Crippen LogP contribution >= 0.6 is 0 Å². The Labute approximate surface area is 113 Å². The highest BCUT2D eigenvalue weighted by Gasteiger charge is 2.54. The van der Waals surface area contributed by atoms with Gasteiger partial charge in [0.05, 0.1) is 0 Å². The van der Waals surface area contributed by atoms with Crippen LogP contribution in [0.15, 0.2) is 12.1 Å². The molecule has 1 N–H and O–H groups in total. The van der Waals surface area contributed by atoms with E-state index in [-0.39, 0.29) is 17.0 Å². The fourth-order valence-corrected chi connectivity index (χ4v) is 4.35. The molecular formula is C16H20O3. The number of aromatic hydroxyl groups is 1. The Hall–Kier alpha value is -1.38. The molecule has 102 valence electrons. The van der Waals surface area contributed by atoms with E-state index < -0.39 is 0 Å². The van der Waals surface area contributed by atoms with Gasteiger partial charge in [-0.3, -0.25) is 0 Å². The van der Waals surface area contributed by atoms with Crippen molar-refractivity contribution in [2.24, 2.45) is 5.92 Å². The molecule has 2 bridgehead atoms. The van der Waals surface area contributed by atoms with Crippen molar-refractivity contribution in [3.8, 4) is 17.2 Å². The number of benzene rings is 1. The maximum atomic E-state index is 9.87. The molecule has 0 saturated heterocycles. The first-order valence-electron chi connectivity index (χ1n) is 7.13. The van der Waals surface area contributed by atoms with Gasteiger partial charge >= 0.3 is 0 Å². The number of phenolic OH excluding ortho intramolecular Hbond substituents is 1. The van der Waals surface area contributed by atoms with Gasteiger partial charge < -0.3 is 14.6 Å². The lowest BCUT2D eigenvalue weighted by atomic mass is 9.61. The van der Waals surface area contributed by atoms with Crippen LogP contribution in [0.2, 0.25) is 0 Å². The van der Waals surface area contributed by atoms with E-state index >= 15 is 0 Å². The number of phenols is 1. The Balaban J connectivity index is 1.97. The van der Waals surface area contributed by atoms with Crippen molar-refractivity contribution in [1.29, 1.82) is 0 Å². The Kier molecular flexibility index (Phi) is 1.93. The quantitative estimate of drug-likeness (QED) is 0.774. The monoisotopic (exact) mass is 260 g/mol. The Bertz CT molecular complexity index is 546. The number of ether oxygens (including phenoxy) is 2. The predicted octanol–water partition coefficient (Wildman–Crippen LogP) is 3.60. The van der Waals surface area contributed by atoms with Crippen LogP contribution in [0.4, 0.5) is 0 Å². The molecule has 1 saturated carbocycles. The molecule has 4 rings (SSSR count). The van der Waals surface area contributed by atoms with Gasteiger partial charge in [0.25, 0.3) is 0 Å². The lowest BCUT2D eigenvalue weighted by Crippen LogP contribution is -2.53. The van der Waals surface area contributed by atoms with E-state index in [0.29, 0.717) is 11.8 Å². The van der Waals surface area contributed by atoms with Crippen LogP contribution in [0.5, 0.6) is 17.2 Å². The Morgan fingerprint density at radius 2 is 1.84 bits per heavy atom. The first-order valence-corrected chi connectivity index (χ1v) is 7.13. The zero-order chi connectivity index (χ0) is 13.4. The van der Waals surface area contributed by atoms with Gasteiger partial charge in [0.1, 0.15) is 28.5 Å². The average molecular weight is 260 g/mol. The third-order valence-corrected chi connectivity index (χ3v) is 5.20. The lowest BCUT2D eigenvalue weighted by Gasteiger charge is -2.54. The molecule has 3 aliphatic rings. The molecule has 3 heteroatoms. The molecule has 3 atom stereocenters.